The summed E-state index contributed by atoms with van der Waals surface area (Å²) in [4.78, 5) is 19.2. The summed E-state index contributed by atoms with van der Waals surface area (Å²) in [7, 11) is 0. The van der Waals surface area contributed by atoms with E-state index in [-0.39, 0.29) is 0 Å². The normalized spacial score (nSPS) is 12.8. The van der Waals surface area contributed by atoms with Gasteiger partial charge in [-0.1, -0.05) is 158 Å². The molecule has 0 saturated carbocycles. The van der Waals surface area contributed by atoms with Crippen molar-refractivity contribution in [3.8, 4) is 90.2 Å². The van der Waals surface area contributed by atoms with Crippen molar-refractivity contribution >= 4 is 0 Å². The molecule has 0 radical (unpaired) electrons. The number of nitrogens with zero attached hydrogens (tertiary/aromatic N) is 4. The molecule has 1 aliphatic heterocycles. The number of hydrogen-bond acceptors (Lipinski definition) is 5. The second-order valence-corrected chi connectivity index (χ2v) is 15.8. The quantitative estimate of drug-likeness (QED) is 0.168. The third kappa shape index (κ3) is 5.78. The van der Waals surface area contributed by atoms with Gasteiger partial charge in [0.05, 0.1) is 5.41 Å². The third-order valence-corrected chi connectivity index (χ3v) is 12.3. The first kappa shape index (κ1) is 35.6. The van der Waals surface area contributed by atoms with Crippen LogP contribution in [0.2, 0.25) is 0 Å². The minimum absolute atomic E-state index is 0.608. The zero-order valence-electron chi connectivity index (χ0n) is 33.5. The lowest BCUT2D eigenvalue weighted by molar-refractivity contribution is 0.436. The Morgan fingerprint density at radius 3 is 1.23 bits per heavy atom. The molecule has 5 heteroatoms. The highest BCUT2D eigenvalue weighted by molar-refractivity contribution is 5.90. The smallest absolute Gasteiger partial charge is 0.164 e. The number of hydrogen-bond donors (Lipinski definition) is 0. The highest BCUT2D eigenvalue weighted by Gasteiger charge is 2.51. The van der Waals surface area contributed by atoms with Crippen molar-refractivity contribution in [1.29, 1.82) is 0 Å². The number of rotatable bonds is 6. The molecule has 12 rings (SSSR count). The van der Waals surface area contributed by atoms with Crippen LogP contribution in [0.25, 0.3) is 78.7 Å². The van der Waals surface area contributed by atoms with Crippen molar-refractivity contribution in [2.45, 2.75) is 5.41 Å². The van der Waals surface area contributed by atoms with Crippen LogP contribution >= 0.6 is 0 Å². The van der Waals surface area contributed by atoms with Gasteiger partial charge in [0, 0.05) is 40.2 Å². The van der Waals surface area contributed by atoms with Crippen LogP contribution in [0.15, 0.2) is 219 Å². The molecular formula is C57H36N4O. The lowest BCUT2D eigenvalue weighted by atomic mass is 9.65. The molecule has 2 aromatic heterocycles. The minimum atomic E-state index is -0.608. The van der Waals surface area contributed by atoms with E-state index in [1.54, 1.807) is 0 Å². The molecule has 290 valence electrons. The van der Waals surface area contributed by atoms with Crippen LogP contribution in [0.5, 0.6) is 11.5 Å². The maximum Gasteiger partial charge on any atom is 0.164 e. The van der Waals surface area contributed by atoms with E-state index in [4.69, 9.17) is 19.7 Å². The van der Waals surface area contributed by atoms with Crippen LogP contribution < -0.4 is 4.74 Å². The van der Waals surface area contributed by atoms with Gasteiger partial charge >= 0.3 is 0 Å². The Morgan fingerprint density at radius 2 is 0.694 bits per heavy atom. The van der Waals surface area contributed by atoms with Crippen molar-refractivity contribution in [1.82, 2.24) is 19.9 Å². The predicted octanol–water partition coefficient (Wildman–Crippen LogP) is 13.7. The van der Waals surface area contributed by atoms with Gasteiger partial charge < -0.3 is 4.74 Å². The molecule has 2 aliphatic rings. The van der Waals surface area contributed by atoms with E-state index in [0.29, 0.717) is 17.5 Å². The molecule has 0 saturated heterocycles. The second kappa shape index (κ2) is 14.5. The highest BCUT2D eigenvalue weighted by Crippen LogP contribution is 2.62. The Morgan fingerprint density at radius 1 is 0.290 bits per heavy atom. The molecule has 5 nitrogen and oxygen atoms in total. The summed E-state index contributed by atoms with van der Waals surface area (Å²) in [5.41, 5.74) is 16.1. The lowest BCUT2D eigenvalue weighted by Crippen LogP contribution is -2.32. The first-order valence-electron chi connectivity index (χ1n) is 20.9. The fourth-order valence-electron chi connectivity index (χ4n) is 9.46. The Kier molecular flexibility index (Phi) is 8.32. The van der Waals surface area contributed by atoms with Crippen molar-refractivity contribution in [2.75, 3.05) is 0 Å². The standard InChI is InChI=1S/C57H36N4O/c1-3-13-38(14-4-1)54-59-55(39-15-5-2-6-16-39)61-56(60-54)45-20-12-19-42(34-45)40-17-11-18-41(33-40)44-26-28-53-51(36-44)57(48-23-9-7-21-46(48)47-22-8-10-24-49(47)57)50-35-43(25-27-52(50)62-53)37-29-31-58-32-30-37/h1-36H. The molecule has 0 N–H and O–H groups in total. The number of benzene rings is 8. The van der Waals surface area contributed by atoms with E-state index in [1.807, 2.05) is 73.1 Å². The monoisotopic (exact) mass is 792 g/mol. The van der Waals surface area contributed by atoms with Crippen LogP contribution in [0.4, 0.5) is 0 Å². The van der Waals surface area contributed by atoms with Gasteiger partial charge in [-0.05, 0) is 104 Å². The van der Waals surface area contributed by atoms with Crippen molar-refractivity contribution in [3.05, 3.63) is 241 Å². The van der Waals surface area contributed by atoms with Crippen molar-refractivity contribution in [3.63, 3.8) is 0 Å². The molecule has 62 heavy (non-hydrogen) atoms. The molecule has 1 spiro atoms. The number of aromatic nitrogens is 4. The van der Waals surface area contributed by atoms with Gasteiger partial charge in [0.1, 0.15) is 11.5 Å². The molecule has 0 atom stereocenters. The maximum absolute atomic E-state index is 6.87. The summed E-state index contributed by atoms with van der Waals surface area (Å²) < 4.78 is 6.87. The van der Waals surface area contributed by atoms with Gasteiger partial charge in [-0.15, -0.1) is 0 Å². The molecule has 8 aromatic carbocycles. The van der Waals surface area contributed by atoms with E-state index >= 15 is 0 Å². The summed E-state index contributed by atoms with van der Waals surface area (Å²) in [5, 5.41) is 0. The fraction of sp³-hybridized carbons (Fsp3) is 0.0175. The Labute approximate surface area is 359 Å². The van der Waals surface area contributed by atoms with Crippen LogP contribution in [0.3, 0.4) is 0 Å². The summed E-state index contributed by atoms with van der Waals surface area (Å²) in [6.45, 7) is 0. The van der Waals surface area contributed by atoms with Crippen molar-refractivity contribution < 1.29 is 4.74 Å². The summed E-state index contributed by atoms with van der Waals surface area (Å²) >= 11 is 0. The molecule has 0 unspecified atom stereocenters. The van der Waals surface area contributed by atoms with E-state index in [2.05, 4.69) is 151 Å². The average molecular weight is 793 g/mol. The van der Waals surface area contributed by atoms with Gasteiger partial charge in [0.2, 0.25) is 0 Å². The van der Waals surface area contributed by atoms with Gasteiger partial charge in [0.25, 0.3) is 0 Å². The molecular weight excluding hydrogens is 757 g/mol. The molecule has 0 bridgehead atoms. The number of ether oxygens (including phenoxy) is 1. The zero-order chi connectivity index (χ0) is 41.0. The van der Waals surface area contributed by atoms with E-state index < -0.39 is 5.41 Å². The number of fused-ring (bicyclic) bond motifs is 9. The van der Waals surface area contributed by atoms with E-state index in [9.17, 15) is 0 Å². The summed E-state index contributed by atoms with van der Waals surface area (Å²) in [5.74, 6) is 3.62. The molecule has 10 aromatic rings. The van der Waals surface area contributed by atoms with E-state index in [0.717, 1.165) is 72.7 Å². The summed E-state index contributed by atoms with van der Waals surface area (Å²) in [6, 6.07) is 72.6. The highest BCUT2D eigenvalue weighted by atomic mass is 16.5. The van der Waals surface area contributed by atoms with Crippen LogP contribution in [-0.4, -0.2) is 19.9 Å². The first-order chi connectivity index (χ1) is 30.7. The van der Waals surface area contributed by atoms with E-state index in [1.165, 1.54) is 22.3 Å². The topological polar surface area (TPSA) is 60.8 Å². The van der Waals surface area contributed by atoms with Crippen LogP contribution in [-0.2, 0) is 5.41 Å². The first-order valence-corrected chi connectivity index (χ1v) is 20.9. The molecule has 1 aliphatic carbocycles. The third-order valence-electron chi connectivity index (χ3n) is 12.3. The average Bonchev–Trinajstić information content (AvgIpc) is 3.65. The Hall–Kier alpha value is -8.28. The Bertz CT molecular complexity index is 3230. The second-order valence-electron chi connectivity index (χ2n) is 15.8. The fourth-order valence-corrected chi connectivity index (χ4v) is 9.46. The zero-order valence-corrected chi connectivity index (χ0v) is 33.5. The predicted molar refractivity (Wildman–Crippen MR) is 248 cm³/mol. The van der Waals surface area contributed by atoms with Crippen LogP contribution in [0.1, 0.15) is 22.3 Å². The van der Waals surface area contributed by atoms with Gasteiger partial charge in [-0.2, -0.15) is 0 Å². The van der Waals surface area contributed by atoms with Gasteiger partial charge in [0.15, 0.2) is 17.5 Å². The number of pyridine rings is 1. The molecule has 0 fully saturated rings. The Balaban J connectivity index is 0.986. The molecule has 0 amide bonds. The van der Waals surface area contributed by atoms with Crippen molar-refractivity contribution in [2.24, 2.45) is 0 Å². The minimum Gasteiger partial charge on any atom is -0.457 e. The molecule has 3 heterocycles. The van der Waals surface area contributed by atoms with Gasteiger partial charge in [-0.25, -0.2) is 15.0 Å². The summed E-state index contributed by atoms with van der Waals surface area (Å²) in [6.07, 6.45) is 3.70. The maximum atomic E-state index is 6.87. The van der Waals surface area contributed by atoms with Gasteiger partial charge in [-0.3, -0.25) is 4.98 Å². The lowest BCUT2D eigenvalue weighted by Gasteiger charge is -2.40. The van der Waals surface area contributed by atoms with Crippen LogP contribution in [0, 0.1) is 0 Å². The SMILES string of the molecule is c1ccc(-c2nc(-c3ccccc3)nc(-c3cccc(-c4cccc(-c5ccc6c(c5)C5(c7cc(-c8ccncc8)ccc7O6)c6ccccc6-c6ccccc65)c4)c3)n2)cc1. The largest absolute Gasteiger partial charge is 0.457 e.